The third-order valence-electron chi connectivity index (χ3n) is 2.53. The van der Waals surface area contributed by atoms with Crippen LogP contribution in [0.15, 0.2) is 24.4 Å². The van der Waals surface area contributed by atoms with Crippen LogP contribution in [0, 0.1) is 24.4 Å². The van der Waals surface area contributed by atoms with Gasteiger partial charge in [0, 0.05) is 11.8 Å². The Morgan fingerprint density at radius 3 is 2.11 bits per heavy atom. The van der Waals surface area contributed by atoms with Crippen LogP contribution in [-0.2, 0) is 6.67 Å². The van der Waals surface area contributed by atoms with E-state index in [2.05, 4.69) is 4.98 Å². The lowest BCUT2D eigenvalue weighted by Crippen LogP contribution is -1.97. The molecule has 0 fully saturated rings. The minimum atomic E-state index is -1.25. The van der Waals surface area contributed by atoms with Crippen LogP contribution in [0.2, 0.25) is 0 Å². The number of pyridine rings is 1. The van der Waals surface area contributed by atoms with Crippen LogP contribution in [0.25, 0.3) is 11.3 Å². The molecule has 0 unspecified atom stereocenters. The summed E-state index contributed by atoms with van der Waals surface area (Å²) >= 11 is 0. The summed E-state index contributed by atoms with van der Waals surface area (Å²) in [6.07, 6.45) is 1.39. The molecule has 0 bridgehead atoms. The van der Waals surface area contributed by atoms with Gasteiger partial charge in [-0.05, 0) is 30.7 Å². The van der Waals surface area contributed by atoms with Crippen molar-refractivity contribution in [1.29, 1.82) is 0 Å². The minimum Gasteiger partial charge on any atom is -0.253 e. The Kier molecular flexibility index (Phi) is 3.32. The Morgan fingerprint density at radius 1 is 1.00 bits per heavy atom. The normalized spacial score (nSPS) is 10.7. The molecule has 0 spiro atoms. The van der Waals surface area contributed by atoms with Crippen molar-refractivity contribution < 1.29 is 17.6 Å². The molecular formula is C13H9F4N. The highest BCUT2D eigenvalue weighted by atomic mass is 19.1. The molecule has 2 rings (SSSR count). The highest BCUT2D eigenvalue weighted by Crippen LogP contribution is 2.25. The first-order chi connectivity index (χ1) is 8.52. The lowest BCUT2D eigenvalue weighted by Gasteiger charge is -2.06. The monoisotopic (exact) mass is 255 g/mol. The molecule has 1 aromatic carbocycles. The summed E-state index contributed by atoms with van der Waals surface area (Å²) in [5.41, 5.74) is -0.285. The van der Waals surface area contributed by atoms with Crippen LogP contribution in [0.5, 0.6) is 0 Å². The fourth-order valence-corrected chi connectivity index (χ4v) is 1.61. The molecule has 18 heavy (non-hydrogen) atoms. The van der Waals surface area contributed by atoms with Crippen molar-refractivity contribution in [1.82, 2.24) is 4.98 Å². The number of benzene rings is 1. The average Bonchev–Trinajstić information content (AvgIpc) is 2.28. The fraction of sp³-hybridized carbons (Fsp3) is 0.154. The first kappa shape index (κ1) is 12.5. The first-order valence-corrected chi connectivity index (χ1v) is 5.19. The van der Waals surface area contributed by atoms with Gasteiger partial charge in [-0.3, -0.25) is 4.98 Å². The first-order valence-electron chi connectivity index (χ1n) is 5.19. The maximum atomic E-state index is 13.6. The molecular weight excluding hydrogens is 246 g/mol. The predicted molar refractivity (Wildman–Crippen MR) is 59.1 cm³/mol. The van der Waals surface area contributed by atoms with Crippen molar-refractivity contribution in [2.24, 2.45) is 0 Å². The predicted octanol–water partition coefficient (Wildman–Crippen LogP) is 3.94. The van der Waals surface area contributed by atoms with Crippen molar-refractivity contribution in [2.45, 2.75) is 13.6 Å². The van der Waals surface area contributed by atoms with Crippen LogP contribution in [0.4, 0.5) is 17.6 Å². The fourth-order valence-electron chi connectivity index (χ4n) is 1.61. The Hall–Kier alpha value is -1.91. The smallest absolute Gasteiger partial charge is 0.149 e. The molecule has 0 saturated heterocycles. The number of hydrogen-bond donors (Lipinski definition) is 0. The average molecular weight is 255 g/mol. The molecule has 0 aliphatic rings. The molecule has 0 N–H and O–H groups in total. The van der Waals surface area contributed by atoms with Gasteiger partial charge in [-0.25, -0.2) is 17.6 Å². The van der Waals surface area contributed by atoms with Gasteiger partial charge in [0.2, 0.25) is 0 Å². The molecule has 2 aromatic rings. The summed E-state index contributed by atoms with van der Waals surface area (Å²) in [6, 6.07) is 2.96. The van der Waals surface area contributed by atoms with Gasteiger partial charge in [-0.15, -0.1) is 0 Å². The lowest BCUT2D eigenvalue weighted by molar-refractivity contribution is 0.440. The molecule has 0 aliphatic heterocycles. The van der Waals surface area contributed by atoms with Gasteiger partial charge in [0.25, 0.3) is 0 Å². The van der Waals surface area contributed by atoms with Crippen molar-refractivity contribution in [3.8, 4) is 11.3 Å². The molecule has 1 nitrogen and oxygen atoms in total. The topological polar surface area (TPSA) is 12.9 Å². The molecule has 94 valence electrons. The molecule has 5 heteroatoms. The van der Waals surface area contributed by atoms with Gasteiger partial charge in [-0.2, -0.15) is 0 Å². The summed E-state index contributed by atoms with van der Waals surface area (Å²) in [7, 11) is 0. The number of rotatable bonds is 2. The maximum Gasteiger partial charge on any atom is 0.149 e. The summed E-state index contributed by atoms with van der Waals surface area (Å²) in [5, 5.41) is 0. The Balaban J connectivity index is 2.58. The highest BCUT2D eigenvalue weighted by Gasteiger charge is 2.14. The highest BCUT2D eigenvalue weighted by molar-refractivity contribution is 5.60. The van der Waals surface area contributed by atoms with Crippen molar-refractivity contribution in [3.05, 3.63) is 53.0 Å². The second-order valence-corrected chi connectivity index (χ2v) is 3.90. The van der Waals surface area contributed by atoms with Gasteiger partial charge in [0.1, 0.15) is 29.8 Å². The second-order valence-electron chi connectivity index (χ2n) is 3.90. The van der Waals surface area contributed by atoms with Gasteiger partial charge in [0.05, 0.1) is 5.56 Å². The van der Waals surface area contributed by atoms with Crippen molar-refractivity contribution in [2.75, 3.05) is 0 Å². The second kappa shape index (κ2) is 4.76. The van der Waals surface area contributed by atoms with Crippen LogP contribution < -0.4 is 0 Å². The van der Waals surface area contributed by atoms with E-state index >= 15 is 0 Å². The third-order valence-corrected chi connectivity index (χ3v) is 2.53. The number of aromatic nitrogens is 1. The van der Waals surface area contributed by atoms with Crippen LogP contribution >= 0.6 is 0 Å². The Labute approximate surface area is 101 Å². The number of hydrogen-bond acceptors (Lipinski definition) is 1. The van der Waals surface area contributed by atoms with E-state index < -0.39 is 29.7 Å². The van der Waals surface area contributed by atoms with E-state index in [4.69, 9.17) is 0 Å². The van der Waals surface area contributed by atoms with E-state index in [0.717, 1.165) is 12.1 Å². The molecule has 1 heterocycles. The molecule has 0 radical (unpaired) electrons. The van der Waals surface area contributed by atoms with Crippen LogP contribution in [0.3, 0.4) is 0 Å². The van der Waals surface area contributed by atoms with Crippen molar-refractivity contribution >= 4 is 0 Å². The van der Waals surface area contributed by atoms with Gasteiger partial charge in [0.15, 0.2) is 0 Å². The molecule has 0 saturated carbocycles. The SMILES string of the molecule is Cc1cnc(-c2cc(F)c(CF)c(F)c2)c(F)c1. The lowest BCUT2D eigenvalue weighted by atomic mass is 10.1. The maximum absolute atomic E-state index is 13.6. The number of nitrogens with zero attached hydrogens (tertiary/aromatic N) is 1. The zero-order chi connectivity index (χ0) is 13.3. The van der Waals surface area contributed by atoms with E-state index in [0.29, 0.717) is 5.56 Å². The largest absolute Gasteiger partial charge is 0.253 e. The Morgan fingerprint density at radius 2 is 1.61 bits per heavy atom. The van der Waals surface area contributed by atoms with E-state index in [1.165, 1.54) is 12.3 Å². The minimum absolute atomic E-state index is 0.0558. The number of alkyl halides is 1. The quantitative estimate of drug-likeness (QED) is 0.740. The Bertz CT molecular complexity index is 573. The molecule has 1 aromatic heterocycles. The van der Waals surface area contributed by atoms with E-state index in [1.54, 1.807) is 6.92 Å². The van der Waals surface area contributed by atoms with Gasteiger partial charge in [-0.1, -0.05) is 0 Å². The zero-order valence-corrected chi connectivity index (χ0v) is 9.48. The summed E-state index contributed by atoms with van der Waals surface area (Å²) in [5.74, 6) is -2.77. The van der Waals surface area contributed by atoms with Crippen LogP contribution in [-0.4, -0.2) is 4.98 Å². The van der Waals surface area contributed by atoms with Gasteiger partial charge >= 0.3 is 0 Å². The summed E-state index contributed by atoms with van der Waals surface area (Å²) in [4.78, 5) is 3.78. The number of halogens is 4. The summed E-state index contributed by atoms with van der Waals surface area (Å²) < 4.78 is 52.7. The summed E-state index contributed by atoms with van der Waals surface area (Å²) in [6.45, 7) is 0.398. The van der Waals surface area contributed by atoms with E-state index in [1.807, 2.05) is 0 Å². The van der Waals surface area contributed by atoms with Crippen LogP contribution in [0.1, 0.15) is 11.1 Å². The zero-order valence-electron chi connectivity index (χ0n) is 9.48. The number of aryl methyl sites for hydroxylation is 1. The standard InChI is InChI=1S/C13H9F4N/c1-7-2-12(17)13(18-6-7)8-3-10(15)9(5-14)11(16)4-8/h2-4,6H,5H2,1H3. The third kappa shape index (κ3) is 2.20. The molecule has 0 aliphatic carbocycles. The van der Waals surface area contributed by atoms with Gasteiger partial charge < -0.3 is 0 Å². The molecule has 0 amide bonds. The van der Waals surface area contributed by atoms with E-state index in [9.17, 15) is 17.6 Å². The van der Waals surface area contributed by atoms with Crippen molar-refractivity contribution in [3.63, 3.8) is 0 Å². The van der Waals surface area contributed by atoms with E-state index in [-0.39, 0.29) is 11.3 Å². The molecule has 0 atom stereocenters.